The molecule has 0 spiro atoms. The molecule has 1 aromatic heterocycles. The molecule has 0 aliphatic heterocycles. The van der Waals surface area contributed by atoms with Crippen LogP contribution in [0.3, 0.4) is 0 Å². The summed E-state index contributed by atoms with van der Waals surface area (Å²) in [5, 5.41) is 6.55. The average molecular weight is 282 g/mol. The van der Waals surface area contributed by atoms with E-state index in [1.54, 1.807) is 7.11 Å². The molecule has 0 saturated heterocycles. The summed E-state index contributed by atoms with van der Waals surface area (Å²) in [7, 11) is 1.67. The molecule has 2 N–H and O–H groups in total. The van der Waals surface area contributed by atoms with E-state index in [4.69, 9.17) is 9.47 Å². The van der Waals surface area contributed by atoms with Gasteiger partial charge in [-0.2, -0.15) is 0 Å². The van der Waals surface area contributed by atoms with Gasteiger partial charge in [-0.15, -0.1) is 0 Å². The Morgan fingerprint density at radius 2 is 1.70 bits per heavy atom. The highest BCUT2D eigenvalue weighted by atomic mass is 16.5. The molecule has 6 heteroatoms. The number of hydrogen-bond donors (Lipinski definition) is 2. The molecule has 20 heavy (non-hydrogen) atoms. The monoisotopic (exact) mass is 282 g/mol. The van der Waals surface area contributed by atoms with Crippen LogP contribution in [0.25, 0.3) is 0 Å². The van der Waals surface area contributed by atoms with E-state index < -0.39 is 0 Å². The van der Waals surface area contributed by atoms with E-state index in [0.717, 1.165) is 43.4 Å². The van der Waals surface area contributed by atoms with E-state index in [2.05, 4.69) is 34.4 Å². The summed E-state index contributed by atoms with van der Waals surface area (Å²) in [6.07, 6.45) is 1.89. The number of nitrogens with zero attached hydrogens (tertiary/aromatic N) is 2. The van der Waals surface area contributed by atoms with Gasteiger partial charge >= 0.3 is 0 Å². The zero-order valence-corrected chi connectivity index (χ0v) is 12.7. The minimum absolute atomic E-state index is 0.617. The molecule has 0 amide bonds. The van der Waals surface area contributed by atoms with Gasteiger partial charge in [0.2, 0.25) is 0 Å². The van der Waals surface area contributed by atoms with Gasteiger partial charge in [0, 0.05) is 32.7 Å². The van der Waals surface area contributed by atoms with Gasteiger partial charge < -0.3 is 20.1 Å². The summed E-state index contributed by atoms with van der Waals surface area (Å²) in [4.78, 5) is 8.90. The molecule has 0 aromatic carbocycles. The molecule has 0 saturated carbocycles. The summed E-state index contributed by atoms with van der Waals surface area (Å²) in [6.45, 7) is 7.69. The minimum Gasteiger partial charge on any atom is -0.382 e. The topological polar surface area (TPSA) is 68.3 Å². The van der Waals surface area contributed by atoms with Crippen LogP contribution in [0.1, 0.15) is 26.1 Å². The number of nitrogens with one attached hydrogen (secondary N) is 2. The minimum atomic E-state index is 0.617. The second-order valence-corrected chi connectivity index (χ2v) is 4.37. The van der Waals surface area contributed by atoms with Crippen LogP contribution >= 0.6 is 0 Å². The van der Waals surface area contributed by atoms with Crippen LogP contribution in [0.5, 0.6) is 0 Å². The number of aryl methyl sites for hydroxylation is 1. The molecule has 1 rings (SSSR count). The lowest BCUT2D eigenvalue weighted by molar-refractivity contribution is 0.0759. The fourth-order valence-corrected chi connectivity index (χ4v) is 1.59. The van der Waals surface area contributed by atoms with E-state index in [1.807, 2.05) is 6.07 Å². The van der Waals surface area contributed by atoms with Crippen molar-refractivity contribution >= 4 is 11.6 Å². The van der Waals surface area contributed by atoms with Crippen LogP contribution < -0.4 is 10.6 Å². The predicted octanol–water partition coefficient (Wildman–Crippen LogP) is 1.94. The van der Waals surface area contributed by atoms with Crippen molar-refractivity contribution in [1.29, 1.82) is 0 Å². The van der Waals surface area contributed by atoms with Gasteiger partial charge in [-0.1, -0.05) is 13.8 Å². The van der Waals surface area contributed by atoms with Crippen molar-refractivity contribution < 1.29 is 9.47 Å². The lowest BCUT2D eigenvalue weighted by Crippen LogP contribution is -2.14. The number of anilines is 2. The number of hydrogen-bond acceptors (Lipinski definition) is 6. The molecule has 0 unspecified atom stereocenters. The zero-order valence-electron chi connectivity index (χ0n) is 12.7. The molecule has 0 atom stereocenters. The fourth-order valence-electron chi connectivity index (χ4n) is 1.59. The van der Waals surface area contributed by atoms with Crippen molar-refractivity contribution in [3.8, 4) is 0 Å². The highest BCUT2D eigenvalue weighted by Crippen LogP contribution is 2.11. The quantitative estimate of drug-likeness (QED) is 0.605. The molecule has 114 valence electrons. The Morgan fingerprint density at radius 1 is 1.00 bits per heavy atom. The third-order valence-corrected chi connectivity index (χ3v) is 2.63. The first-order chi connectivity index (χ1) is 9.80. The van der Waals surface area contributed by atoms with Gasteiger partial charge in [0.15, 0.2) is 0 Å². The van der Waals surface area contributed by atoms with Gasteiger partial charge in [-0.25, -0.2) is 9.97 Å². The molecule has 6 nitrogen and oxygen atoms in total. The summed E-state index contributed by atoms with van der Waals surface area (Å²) < 4.78 is 10.3. The smallest absolute Gasteiger partial charge is 0.132 e. The van der Waals surface area contributed by atoms with Gasteiger partial charge in [0.1, 0.15) is 17.5 Å². The maximum absolute atomic E-state index is 5.40. The van der Waals surface area contributed by atoms with Crippen LogP contribution in [-0.2, 0) is 15.9 Å². The van der Waals surface area contributed by atoms with E-state index in [0.29, 0.717) is 19.8 Å². The molecule has 0 aliphatic carbocycles. The van der Waals surface area contributed by atoms with Crippen molar-refractivity contribution in [1.82, 2.24) is 9.97 Å². The van der Waals surface area contributed by atoms with Gasteiger partial charge in [0.25, 0.3) is 0 Å². The first-order valence-electron chi connectivity index (χ1n) is 7.22. The number of ether oxygens (including phenoxy) is 2. The highest BCUT2D eigenvalue weighted by Gasteiger charge is 2.02. The van der Waals surface area contributed by atoms with Crippen LogP contribution in [0.4, 0.5) is 11.6 Å². The average Bonchev–Trinajstić information content (AvgIpc) is 2.48. The number of rotatable bonds is 11. The summed E-state index contributed by atoms with van der Waals surface area (Å²) in [6, 6.07) is 1.93. The predicted molar refractivity (Wildman–Crippen MR) is 81.4 cm³/mol. The Kier molecular flexibility index (Phi) is 8.66. The second-order valence-electron chi connectivity index (χ2n) is 4.37. The second kappa shape index (κ2) is 10.4. The zero-order chi connectivity index (χ0) is 14.6. The Morgan fingerprint density at radius 3 is 2.30 bits per heavy atom. The van der Waals surface area contributed by atoms with Gasteiger partial charge in [-0.05, 0) is 6.42 Å². The molecule has 0 bridgehead atoms. The van der Waals surface area contributed by atoms with Crippen LogP contribution in [0.15, 0.2) is 6.07 Å². The number of methoxy groups -OCH3 is 1. The molecule has 1 aromatic rings. The van der Waals surface area contributed by atoms with Crippen molar-refractivity contribution in [3.05, 3.63) is 11.9 Å². The first-order valence-corrected chi connectivity index (χ1v) is 7.22. The molecule has 0 radical (unpaired) electrons. The summed E-state index contributed by atoms with van der Waals surface area (Å²) >= 11 is 0. The molecular formula is C14H26N4O2. The van der Waals surface area contributed by atoms with E-state index in [1.165, 1.54) is 0 Å². The molecule has 0 aliphatic rings. The normalized spacial score (nSPS) is 10.6. The van der Waals surface area contributed by atoms with Crippen molar-refractivity contribution in [2.24, 2.45) is 0 Å². The molecular weight excluding hydrogens is 256 g/mol. The van der Waals surface area contributed by atoms with E-state index in [-0.39, 0.29) is 0 Å². The lowest BCUT2D eigenvalue weighted by Gasteiger charge is -2.10. The SMILES string of the molecule is CCCNc1cc(NCCOCCOC)nc(CC)n1. The number of aromatic nitrogens is 2. The largest absolute Gasteiger partial charge is 0.382 e. The van der Waals surface area contributed by atoms with E-state index >= 15 is 0 Å². The molecule has 1 heterocycles. The Hall–Kier alpha value is -1.40. The maximum Gasteiger partial charge on any atom is 0.132 e. The van der Waals surface area contributed by atoms with Crippen LogP contribution in [0.2, 0.25) is 0 Å². The Bertz CT molecular complexity index is 374. The Labute approximate surface area is 121 Å². The molecule has 0 fully saturated rings. The standard InChI is InChI=1S/C14H26N4O2/c1-4-6-15-13-11-14(18-12(5-2)17-13)16-7-8-20-10-9-19-3/h11H,4-10H2,1-3H3,(H2,15,16,17,18). The van der Waals surface area contributed by atoms with Gasteiger partial charge in [0.05, 0.1) is 19.8 Å². The fraction of sp³-hybridized carbons (Fsp3) is 0.714. The van der Waals surface area contributed by atoms with Crippen LogP contribution in [-0.4, -0.2) is 50.0 Å². The maximum atomic E-state index is 5.40. The lowest BCUT2D eigenvalue weighted by atomic mass is 10.4. The van der Waals surface area contributed by atoms with Crippen LogP contribution in [0, 0.1) is 0 Å². The Balaban J connectivity index is 2.42. The summed E-state index contributed by atoms with van der Waals surface area (Å²) in [5.74, 6) is 2.56. The highest BCUT2D eigenvalue weighted by molar-refractivity contribution is 5.47. The van der Waals surface area contributed by atoms with Gasteiger partial charge in [-0.3, -0.25) is 0 Å². The van der Waals surface area contributed by atoms with Crippen molar-refractivity contribution in [3.63, 3.8) is 0 Å². The summed E-state index contributed by atoms with van der Waals surface area (Å²) in [5.41, 5.74) is 0. The van der Waals surface area contributed by atoms with Crippen molar-refractivity contribution in [2.75, 3.05) is 50.7 Å². The van der Waals surface area contributed by atoms with E-state index in [9.17, 15) is 0 Å². The third kappa shape index (κ3) is 6.68. The third-order valence-electron chi connectivity index (χ3n) is 2.63. The van der Waals surface area contributed by atoms with Crippen molar-refractivity contribution in [2.45, 2.75) is 26.7 Å². The first kappa shape index (κ1) is 16.7.